The van der Waals surface area contributed by atoms with Crippen LogP contribution < -0.4 is 10.6 Å². The van der Waals surface area contributed by atoms with Crippen LogP contribution in [0.5, 0.6) is 0 Å². The number of nitrogens with zero attached hydrogens (tertiary/aromatic N) is 3. The van der Waals surface area contributed by atoms with Crippen molar-refractivity contribution in [3.8, 4) is 0 Å². The lowest BCUT2D eigenvalue weighted by molar-refractivity contribution is -0.0453. The van der Waals surface area contributed by atoms with Gasteiger partial charge in [-0.2, -0.15) is 0 Å². The zero-order valence-corrected chi connectivity index (χ0v) is 20.2. The molecule has 0 spiro atoms. The van der Waals surface area contributed by atoms with Gasteiger partial charge in [-0.1, -0.05) is 13.8 Å². The molecule has 164 valence electrons. The Labute approximate surface area is 188 Å². The van der Waals surface area contributed by atoms with Gasteiger partial charge in [0.25, 0.3) is 0 Å². The molecular weight excluding hydrogens is 469 g/mol. The number of rotatable bonds is 7. The highest BCUT2D eigenvalue weighted by atomic mass is 127. The second-order valence-corrected chi connectivity index (χ2v) is 8.31. The molecule has 3 heterocycles. The minimum absolute atomic E-state index is 0. The van der Waals surface area contributed by atoms with E-state index in [4.69, 9.17) is 14.5 Å². The summed E-state index contributed by atoms with van der Waals surface area (Å²) in [6.45, 7) is 16.0. The van der Waals surface area contributed by atoms with Crippen LogP contribution in [-0.4, -0.2) is 99.6 Å². The molecule has 0 aromatic carbocycles. The van der Waals surface area contributed by atoms with Gasteiger partial charge >= 0.3 is 0 Å². The third-order valence-electron chi connectivity index (χ3n) is 6.02. The van der Waals surface area contributed by atoms with E-state index in [2.05, 4.69) is 41.2 Å². The van der Waals surface area contributed by atoms with E-state index in [0.29, 0.717) is 18.0 Å². The summed E-state index contributed by atoms with van der Waals surface area (Å²) >= 11 is 0. The molecule has 3 atom stereocenters. The van der Waals surface area contributed by atoms with Crippen LogP contribution >= 0.6 is 24.0 Å². The quantitative estimate of drug-likeness (QED) is 0.307. The van der Waals surface area contributed by atoms with E-state index in [-0.39, 0.29) is 30.1 Å². The van der Waals surface area contributed by atoms with Crippen molar-refractivity contribution in [1.29, 1.82) is 0 Å². The summed E-state index contributed by atoms with van der Waals surface area (Å²) in [4.78, 5) is 10.0. The molecule has 3 saturated heterocycles. The van der Waals surface area contributed by atoms with E-state index in [0.717, 1.165) is 65.0 Å². The molecule has 3 unspecified atom stereocenters. The van der Waals surface area contributed by atoms with E-state index >= 15 is 0 Å². The third kappa shape index (κ3) is 6.97. The summed E-state index contributed by atoms with van der Waals surface area (Å²) in [5.74, 6) is 1.48. The Bertz CT molecular complexity index is 474. The van der Waals surface area contributed by atoms with Gasteiger partial charge in [-0.05, 0) is 32.2 Å². The Morgan fingerprint density at radius 2 is 1.96 bits per heavy atom. The van der Waals surface area contributed by atoms with Crippen LogP contribution in [0.25, 0.3) is 0 Å². The fourth-order valence-electron chi connectivity index (χ4n) is 4.40. The number of halogens is 1. The predicted molar refractivity (Wildman–Crippen MR) is 125 cm³/mol. The first kappa shape index (κ1) is 24.1. The van der Waals surface area contributed by atoms with E-state index in [1.807, 2.05) is 0 Å². The van der Waals surface area contributed by atoms with Crippen molar-refractivity contribution in [2.75, 3.05) is 65.6 Å². The lowest BCUT2D eigenvalue weighted by Crippen LogP contribution is -2.52. The molecule has 0 radical (unpaired) electrons. The lowest BCUT2D eigenvalue weighted by Gasteiger charge is -2.36. The number of morpholine rings is 2. The molecule has 0 saturated carbocycles. The molecular formula is C20H40IN5O2. The number of ether oxygens (including phenoxy) is 2. The second kappa shape index (κ2) is 12.5. The van der Waals surface area contributed by atoms with Crippen LogP contribution in [0.1, 0.15) is 33.6 Å². The highest BCUT2D eigenvalue weighted by Gasteiger charge is 2.32. The standard InChI is InChI=1S/C20H39N5O2.HI/c1-4-21-20(22-12-18-14-25-7-5-6-17(25)15-27-18)23-13-19(16(2)3)24-8-10-26-11-9-24;/h16-19H,4-15H2,1-3H3,(H2,21,22,23);1H. The molecule has 8 heteroatoms. The van der Waals surface area contributed by atoms with Crippen molar-refractivity contribution in [1.82, 2.24) is 20.4 Å². The summed E-state index contributed by atoms with van der Waals surface area (Å²) in [6, 6.07) is 1.11. The molecule has 2 N–H and O–H groups in total. The highest BCUT2D eigenvalue weighted by Crippen LogP contribution is 2.22. The molecule has 3 aliphatic heterocycles. The number of nitrogens with one attached hydrogen (secondary N) is 2. The van der Waals surface area contributed by atoms with Gasteiger partial charge in [0.05, 0.1) is 32.5 Å². The monoisotopic (exact) mass is 509 g/mol. The zero-order chi connectivity index (χ0) is 19.1. The van der Waals surface area contributed by atoms with Crippen LogP contribution in [0.15, 0.2) is 4.99 Å². The van der Waals surface area contributed by atoms with Crippen molar-refractivity contribution in [3.63, 3.8) is 0 Å². The van der Waals surface area contributed by atoms with Crippen LogP contribution in [0.4, 0.5) is 0 Å². The molecule has 7 nitrogen and oxygen atoms in total. The first-order valence-corrected chi connectivity index (χ1v) is 10.9. The fraction of sp³-hybridized carbons (Fsp3) is 0.950. The number of hydrogen-bond donors (Lipinski definition) is 2. The maximum absolute atomic E-state index is 6.07. The highest BCUT2D eigenvalue weighted by molar-refractivity contribution is 14.0. The van der Waals surface area contributed by atoms with Crippen molar-refractivity contribution >= 4 is 29.9 Å². The topological polar surface area (TPSA) is 61.4 Å². The fourth-order valence-corrected chi connectivity index (χ4v) is 4.40. The largest absolute Gasteiger partial charge is 0.379 e. The minimum atomic E-state index is 0. The van der Waals surface area contributed by atoms with Crippen molar-refractivity contribution in [3.05, 3.63) is 0 Å². The number of aliphatic imine (C=N–C) groups is 1. The smallest absolute Gasteiger partial charge is 0.191 e. The summed E-state index contributed by atoms with van der Waals surface area (Å²) in [6.07, 6.45) is 2.86. The Hall–Kier alpha value is -0.160. The van der Waals surface area contributed by atoms with E-state index in [9.17, 15) is 0 Å². The minimum Gasteiger partial charge on any atom is -0.379 e. The average molecular weight is 509 g/mol. The summed E-state index contributed by atoms with van der Waals surface area (Å²) in [7, 11) is 0. The Morgan fingerprint density at radius 3 is 2.68 bits per heavy atom. The molecule has 3 aliphatic rings. The van der Waals surface area contributed by atoms with Gasteiger partial charge in [0.2, 0.25) is 0 Å². The van der Waals surface area contributed by atoms with Gasteiger partial charge in [0, 0.05) is 44.8 Å². The molecule has 0 bridgehead atoms. The van der Waals surface area contributed by atoms with Crippen LogP contribution in [0.2, 0.25) is 0 Å². The first-order valence-electron chi connectivity index (χ1n) is 10.9. The van der Waals surface area contributed by atoms with Crippen LogP contribution in [-0.2, 0) is 9.47 Å². The molecule has 3 fully saturated rings. The molecule has 28 heavy (non-hydrogen) atoms. The molecule has 0 aliphatic carbocycles. The summed E-state index contributed by atoms with van der Waals surface area (Å²) in [5.41, 5.74) is 0. The third-order valence-corrected chi connectivity index (χ3v) is 6.02. The normalized spacial score (nSPS) is 27.9. The first-order chi connectivity index (χ1) is 13.2. The van der Waals surface area contributed by atoms with Crippen molar-refractivity contribution < 1.29 is 9.47 Å². The predicted octanol–water partition coefficient (Wildman–Crippen LogP) is 1.38. The van der Waals surface area contributed by atoms with Crippen LogP contribution in [0, 0.1) is 5.92 Å². The average Bonchev–Trinajstić information content (AvgIpc) is 3.14. The zero-order valence-electron chi connectivity index (χ0n) is 17.9. The van der Waals surface area contributed by atoms with E-state index in [1.54, 1.807) is 0 Å². The van der Waals surface area contributed by atoms with Gasteiger partial charge in [-0.3, -0.25) is 14.8 Å². The molecule has 0 aromatic rings. The van der Waals surface area contributed by atoms with Crippen molar-refractivity contribution in [2.24, 2.45) is 10.9 Å². The summed E-state index contributed by atoms with van der Waals surface area (Å²) < 4.78 is 11.6. The molecule has 0 aromatic heterocycles. The van der Waals surface area contributed by atoms with Gasteiger partial charge < -0.3 is 20.1 Å². The van der Waals surface area contributed by atoms with E-state index in [1.165, 1.54) is 19.4 Å². The lowest BCUT2D eigenvalue weighted by atomic mass is 10.0. The van der Waals surface area contributed by atoms with Gasteiger partial charge in [0.1, 0.15) is 0 Å². The molecule has 0 amide bonds. The molecule has 3 rings (SSSR count). The van der Waals surface area contributed by atoms with Gasteiger partial charge in [-0.15, -0.1) is 24.0 Å². The Balaban J connectivity index is 0.00000280. The second-order valence-electron chi connectivity index (χ2n) is 8.31. The Kier molecular flexibility index (Phi) is 10.8. The van der Waals surface area contributed by atoms with Crippen molar-refractivity contribution in [2.45, 2.75) is 51.8 Å². The van der Waals surface area contributed by atoms with E-state index < -0.39 is 0 Å². The van der Waals surface area contributed by atoms with Gasteiger partial charge in [0.15, 0.2) is 5.96 Å². The Morgan fingerprint density at radius 1 is 1.18 bits per heavy atom. The SMILES string of the molecule is CCNC(=NCC(C(C)C)N1CCOCC1)NCC1CN2CCCC2CO1.I. The van der Waals surface area contributed by atoms with Crippen LogP contribution in [0.3, 0.4) is 0 Å². The maximum Gasteiger partial charge on any atom is 0.191 e. The van der Waals surface area contributed by atoms with Gasteiger partial charge in [-0.25, -0.2) is 0 Å². The summed E-state index contributed by atoms with van der Waals surface area (Å²) in [5, 5.41) is 6.90. The number of guanidine groups is 1. The number of fused-ring (bicyclic) bond motifs is 1. The maximum atomic E-state index is 6.07. The number of hydrogen-bond acceptors (Lipinski definition) is 5.